The van der Waals surface area contributed by atoms with Crippen LogP contribution in [0.4, 0.5) is 11.4 Å². The van der Waals surface area contributed by atoms with E-state index in [4.69, 9.17) is 0 Å². The quantitative estimate of drug-likeness (QED) is 0.360. The number of nitrogens with one attached hydrogen (secondary N) is 1. The predicted molar refractivity (Wildman–Crippen MR) is 134 cm³/mol. The molecule has 0 heterocycles. The molecule has 4 aromatic rings. The van der Waals surface area contributed by atoms with Crippen LogP contribution >= 0.6 is 0 Å². The molecule has 4 aromatic carbocycles. The summed E-state index contributed by atoms with van der Waals surface area (Å²) in [6, 6.07) is 30.9. The highest BCUT2D eigenvalue weighted by Gasteiger charge is 2.36. The van der Waals surface area contributed by atoms with E-state index in [9.17, 15) is 0 Å². The summed E-state index contributed by atoms with van der Waals surface area (Å²) < 4.78 is 0. The van der Waals surface area contributed by atoms with Crippen LogP contribution in [0.15, 0.2) is 84.9 Å². The van der Waals surface area contributed by atoms with Crippen molar-refractivity contribution in [1.82, 2.24) is 0 Å². The second kappa shape index (κ2) is 7.27. The van der Waals surface area contributed by atoms with Gasteiger partial charge in [-0.3, -0.25) is 0 Å². The summed E-state index contributed by atoms with van der Waals surface area (Å²) in [5.74, 6) is 0. The molecule has 0 radical (unpaired) electrons. The van der Waals surface area contributed by atoms with Gasteiger partial charge in [-0.15, -0.1) is 0 Å². The van der Waals surface area contributed by atoms with Crippen molar-refractivity contribution in [3.63, 3.8) is 0 Å². The van der Waals surface area contributed by atoms with Gasteiger partial charge in [0.2, 0.25) is 0 Å². The van der Waals surface area contributed by atoms with E-state index in [1.807, 2.05) is 0 Å². The number of hydrogen-bond donors (Lipinski definition) is 1. The largest absolute Gasteiger partial charge is 0.356 e. The van der Waals surface area contributed by atoms with Gasteiger partial charge in [-0.2, -0.15) is 0 Å². The van der Waals surface area contributed by atoms with Crippen LogP contribution in [0.2, 0.25) is 0 Å². The zero-order valence-electron chi connectivity index (χ0n) is 19.0. The van der Waals surface area contributed by atoms with E-state index in [0.717, 1.165) is 5.69 Å². The standard InChI is InChI=1S/C30H31N/c1-29(2)18-19-30(3,4)28-20-24(16-17-27(28)29)31-23-14-12-22(13-15-23)26-11-7-9-21-8-5-6-10-25(21)26/h5-17,20,31H,18-19H2,1-4H3. The molecule has 1 N–H and O–H groups in total. The van der Waals surface area contributed by atoms with Gasteiger partial charge in [-0.1, -0.05) is 88.4 Å². The average molecular weight is 406 g/mol. The fourth-order valence-corrected chi connectivity index (χ4v) is 5.04. The third-order valence-corrected chi connectivity index (χ3v) is 7.13. The average Bonchev–Trinajstić information content (AvgIpc) is 2.77. The van der Waals surface area contributed by atoms with Gasteiger partial charge in [0.1, 0.15) is 0 Å². The number of anilines is 2. The van der Waals surface area contributed by atoms with Crippen LogP contribution in [0.5, 0.6) is 0 Å². The molecule has 0 bridgehead atoms. The Kier molecular flexibility index (Phi) is 4.66. The third kappa shape index (κ3) is 3.63. The lowest BCUT2D eigenvalue weighted by Gasteiger charge is -2.42. The van der Waals surface area contributed by atoms with E-state index in [2.05, 4.69) is 118 Å². The molecule has 156 valence electrons. The topological polar surface area (TPSA) is 12.0 Å². The number of fused-ring (bicyclic) bond motifs is 2. The van der Waals surface area contributed by atoms with Gasteiger partial charge >= 0.3 is 0 Å². The Bertz CT molecular complexity index is 1240. The van der Waals surface area contributed by atoms with Crippen molar-refractivity contribution in [2.45, 2.75) is 51.4 Å². The van der Waals surface area contributed by atoms with Crippen LogP contribution in [-0.2, 0) is 10.8 Å². The van der Waals surface area contributed by atoms with E-state index in [0.29, 0.717) is 0 Å². The molecule has 5 rings (SSSR count). The highest BCUT2D eigenvalue weighted by molar-refractivity contribution is 5.96. The maximum Gasteiger partial charge on any atom is 0.0387 e. The molecule has 31 heavy (non-hydrogen) atoms. The monoisotopic (exact) mass is 405 g/mol. The number of rotatable bonds is 3. The molecule has 0 saturated heterocycles. The van der Waals surface area contributed by atoms with E-state index in [-0.39, 0.29) is 10.8 Å². The molecule has 1 aliphatic rings. The minimum Gasteiger partial charge on any atom is -0.356 e. The fourth-order valence-electron chi connectivity index (χ4n) is 5.04. The molecule has 1 aliphatic carbocycles. The molecule has 0 spiro atoms. The van der Waals surface area contributed by atoms with E-state index in [1.165, 1.54) is 51.6 Å². The van der Waals surface area contributed by atoms with E-state index >= 15 is 0 Å². The van der Waals surface area contributed by atoms with Crippen LogP contribution in [0.25, 0.3) is 21.9 Å². The first-order chi connectivity index (χ1) is 14.8. The van der Waals surface area contributed by atoms with Gasteiger partial charge in [0.15, 0.2) is 0 Å². The maximum absolute atomic E-state index is 3.64. The molecular weight excluding hydrogens is 374 g/mol. The minimum absolute atomic E-state index is 0.223. The molecule has 0 fully saturated rings. The Balaban J connectivity index is 1.44. The maximum atomic E-state index is 3.64. The zero-order valence-corrected chi connectivity index (χ0v) is 19.0. The Morgan fingerprint density at radius 1 is 0.613 bits per heavy atom. The smallest absolute Gasteiger partial charge is 0.0387 e. The lowest BCUT2D eigenvalue weighted by molar-refractivity contribution is 0.332. The van der Waals surface area contributed by atoms with Gasteiger partial charge < -0.3 is 5.32 Å². The number of benzene rings is 4. The van der Waals surface area contributed by atoms with E-state index in [1.54, 1.807) is 0 Å². The van der Waals surface area contributed by atoms with Crippen molar-refractivity contribution in [3.8, 4) is 11.1 Å². The molecule has 0 aliphatic heterocycles. The first-order valence-electron chi connectivity index (χ1n) is 11.3. The van der Waals surface area contributed by atoms with Crippen molar-refractivity contribution in [2.75, 3.05) is 5.32 Å². The van der Waals surface area contributed by atoms with E-state index < -0.39 is 0 Å². The summed E-state index contributed by atoms with van der Waals surface area (Å²) in [7, 11) is 0. The number of hydrogen-bond acceptors (Lipinski definition) is 1. The van der Waals surface area contributed by atoms with Crippen LogP contribution in [0, 0.1) is 0 Å². The Morgan fingerprint density at radius 3 is 2.03 bits per heavy atom. The minimum atomic E-state index is 0.223. The Morgan fingerprint density at radius 2 is 1.26 bits per heavy atom. The molecule has 0 saturated carbocycles. The summed E-state index contributed by atoms with van der Waals surface area (Å²) in [6.45, 7) is 9.51. The molecule has 1 heteroatoms. The molecule has 0 amide bonds. The summed E-state index contributed by atoms with van der Waals surface area (Å²) in [6.07, 6.45) is 2.48. The summed E-state index contributed by atoms with van der Waals surface area (Å²) >= 11 is 0. The fraction of sp³-hybridized carbons (Fsp3) is 0.267. The molecule has 0 unspecified atom stereocenters. The lowest BCUT2D eigenvalue weighted by atomic mass is 9.63. The second-order valence-corrected chi connectivity index (χ2v) is 10.3. The normalized spacial score (nSPS) is 16.6. The summed E-state index contributed by atoms with van der Waals surface area (Å²) in [5, 5.41) is 6.21. The predicted octanol–water partition coefficient (Wildman–Crippen LogP) is 8.60. The first-order valence-corrected chi connectivity index (χ1v) is 11.3. The van der Waals surface area contributed by atoms with Crippen LogP contribution in [-0.4, -0.2) is 0 Å². The van der Waals surface area contributed by atoms with Gasteiger partial charge in [0.25, 0.3) is 0 Å². The van der Waals surface area contributed by atoms with Gasteiger partial charge in [0.05, 0.1) is 0 Å². The molecule has 1 nitrogen and oxygen atoms in total. The molecule has 0 aromatic heterocycles. The highest BCUT2D eigenvalue weighted by Crippen LogP contribution is 2.46. The lowest BCUT2D eigenvalue weighted by Crippen LogP contribution is -2.33. The third-order valence-electron chi connectivity index (χ3n) is 7.13. The summed E-state index contributed by atoms with van der Waals surface area (Å²) in [4.78, 5) is 0. The van der Waals surface area contributed by atoms with Crippen molar-refractivity contribution in [3.05, 3.63) is 96.1 Å². The molecule has 0 atom stereocenters. The summed E-state index contributed by atoms with van der Waals surface area (Å²) in [5.41, 5.74) is 8.28. The van der Waals surface area contributed by atoms with Crippen LogP contribution in [0.3, 0.4) is 0 Å². The van der Waals surface area contributed by atoms with Crippen molar-refractivity contribution < 1.29 is 0 Å². The van der Waals surface area contributed by atoms with Gasteiger partial charge in [-0.05, 0) is 81.0 Å². The van der Waals surface area contributed by atoms with Crippen molar-refractivity contribution in [1.29, 1.82) is 0 Å². The Hall–Kier alpha value is -3.06. The van der Waals surface area contributed by atoms with Crippen LogP contribution < -0.4 is 5.32 Å². The van der Waals surface area contributed by atoms with Crippen LogP contribution in [0.1, 0.15) is 51.7 Å². The van der Waals surface area contributed by atoms with Gasteiger partial charge in [-0.25, -0.2) is 0 Å². The van der Waals surface area contributed by atoms with Gasteiger partial charge in [0, 0.05) is 11.4 Å². The Labute approximate surface area is 186 Å². The molecular formula is C30H31N. The van der Waals surface area contributed by atoms with Crippen molar-refractivity contribution >= 4 is 22.1 Å². The zero-order chi connectivity index (χ0) is 21.6. The highest BCUT2D eigenvalue weighted by atomic mass is 14.9. The second-order valence-electron chi connectivity index (χ2n) is 10.3. The SMILES string of the molecule is CC1(C)CCC(C)(C)c2cc(Nc3ccc(-c4cccc5ccccc45)cc3)ccc21. The first kappa shape index (κ1) is 19.9. The van der Waals surface area contributed by atoms with Crippen molar-refractivity contribution in [2.24, 2.45) is 0 Å².